The lowest BCUT2D eigenvalue weighted by Crippen LogP contribution is -2.42. The van der Waals surface area contributed by atoms with Gasteiger partial charge in [-0.15, -0.1) is 5.06 Å². The Labute approximate surface area is 266 Å². The number of hydrogen-bond donors (Lipinski definition) is 3. The average molecular weight is 653 g/mol. The first-order chi connectivity index (χ1) is 22.6. The highest BCUT2D eigenvalue weighted by atomic mass is 19.4. The van der Waals surface area contributed by atoms with E-state index in [1.807, 2.05) is 6.92 Å². The number of aromatic nitrogens is 5. The summed E-state index contributed by atoms with van der Waals surface area (Å²) in [5.74, 6) is -0.340. The molecule has 0 saturated carbocycles. The molecule has 1 aromatic carbocycles. The van der Waals surface area contributed by atoms with E-state index in [4.69, 9.17) is 10.1 Å². The fourth-order valence-electron chi connectivity index (χ4n) is 5.39. The maximum Gasteiger partial charge on any atom is 0.435 e. The minimum Gasteiger partial charge on any atom is -0.371 e. The zero-order valence-electron chi connectivity index (χ0n) is 25.3. The third-order valence-electron chi connectivity index (χ3n) is 7.69. The van der Waals surface area contributed by atoms with Gasteiger partial charge < -0.3 is 20.8 Å². The van der Waals surface area contributed by atoms with Crippen molar-refractivity contribution in [2.24, 2.45) is 5.92 Å². The van der Waals surface area contributed by atoms with Crippen molar-refractivity contribution < 1.29 is 32.4 Å². The Morgan fingerprint density at radius 2 is 1.94 bits per heavy atom. The summed E-state index contributed by atoms with van der Waals surface area (Å²) in [7, 11) is 0. The predicted molar refractivity (Wildman–Crippen MR) is 161 cm³/mol. The van der Waals surface area contributed by atoms with Gasteiger partial charge in [0.1, 0.15) is 6.54 Å². The van der Waals surface area contributed by atoms with Gasteiger partial charge >= 0.3 is 12.6 Å². The van der Waals surface area contributed by atoms with E-state index in [9.17, 15) is 27.6 Å². The number of anilines is 2. The van der Waals surface area contributed by atoms with Gasteiger partial charge in [-0.2, -0.15) is 23.5 Å². The Morgan fingerprint density at radius 3 is 2.64 bits per heavy atom. The molecular formula is C30H31F3N10O4. The fourth-order valence-corrected chi connectivity index (χ4v) is 5.39. The second kappa shape index (κ2) is 14.3. The molecule has 4 heterocycles. The van der Waals surface area contributed by atoms with Gasteiger partial charge in [-0.25, -0.2) is 9.97 Å². The van der Waals surface area contributed by atoms with Crippen LogP contribution in [0.3, 0.4) is 0 Å². The van der Waals surface area contributed by atoms with Crippen LogP contribution in [0.5, 0.6) is 0 Å². The largest absolute Gasteiger partial charge is 0.435 e. The number of piperidine rings is 1. The van der Waals surface area contributed by atoms with Crippen LogP contribution in [-0.4, -0.2) is 73.7 Å². The Bertz CT molecular complexity index is 1810. The van der Waals surface area contributed by atoms with E-state index < -0.39 is 11.9 Å². The first-order valence-corrected chi connectivity index (χ1v) is 14.8. The zero-order valence-corrected chi connectivity index (χ0v) is 25.3. The number of rotatable bonds is 12. The van der Waals surface area contributed by atoms with Gasteiger partial charge in [0.05, 0.1) is 23.5 Å². The normalized spacial score (nSPS) is 14.0. The standard InChI is InChI=1S/C30H31F3N10O4/c1-2-19-15-21(3-4-22(19)29(46)37-9-8-36-28(45)20-5-11-42(12-6-20)47-18-44)39-26-27-38-16-24(43(27)14-10-35-26)23-17-41(13-7-34)40-25(23)30(31,32)33/h3-4,10,14-18,20H,2,5-6,8-9,11-13H2,1H3,(H,35,39)(H,36,45)(H,37,46). The minimum absolute atomic E-state index is 0.113. The number of benzene rings is 1. The van der Waals surface area contributed by atoms with Crippen molar-refractivity contribution in [3.05, 3.63) is 59.8 Å². The second-order valence-corrected chi connectivity index (χ2v) is 10.7. The third kappa shape index (κ3) is 7.49. The number of amides is 2. The molecular weight excluding hydrogens is 621 g/mol. The number of halogens is 3. The van der Waals surface area contributed by atoms with Crippen molar-refractivity contribution in [1.29, 1.82) is 5.26 Å². The highest BCUT2D eigenvalue weighted by Gasteiger charge is 2.38. The number of nitrogens with zero attached hydrogens (tertiary/aromatic N) is 7. The molecule has 0 atom stereocenters. The summed E-state index contributed by atoms with van der Waals surface area (Å²) in [6, 6.07) is 6.90. The SMILES string of the molecule is CCc1cc(Nc2nccn3c(-c4cn(CC#N)nc4C(F)(F)F)cnc23)ccc1C(=O)NCCNC(=O)C1CCN(OC=O)CC1. The van der Waals surface area contributed by atoms with Crippen LogP contribution in [0.15, 0.2) is 43.0 Å². The van der Waals surface area contributed by atoms with Gasteiger partial charge in [0.2, 0.25) is 5.91 Å². The number of carbonyl (C=O) groups is 3. The zero-order chi connectivity index (χ0) is 33.6. The summed E-state index contributed by atoms with van der Waals surface area (Å²) in [5.41, 5.74) is 0.782. The lowest BCUT2D eigenvalue weighted by molar-refractivity contribution is -0.180. The smallest absolute Gasteiger partial charge is 0.371 e. The van der Waals surface area contributed by atoms with E-state index in [2.05, 4.69) is 31.0 Å². The van der Waals surface area contributed by atoms with Crippen LogP contribution in [0.1, 0.15) is 41.4 Å². The van der Waals surface area contributed by atoms with E-state index in [0.717, 1.165) is 16.4 Å². The Morgan fingerprint density at radius 1 is 1.17 bits per heavy atom. The monoisotopic (exact) mass is 652 g/mol. The number of nitrogens with one attached hydrogen (secondary N) is 3. The Hall–Kier alpha value is -5.50. The molecule has 14 nitrogen and oxygen atoms in total. The number of carbonyl (C=O) groups excluding carboxylic acids is 3. The van der Waals surface area contributed by atoms with Gasteiger partial charge in [-0.3, -0.25) is 23.5 Å². The predicted octanol–water partition coefficient (Wildman–Crippen LogP) is 3.09. The van der Waals surface area contributed by atoms with Gasteiger partial charge in [0, 0.05) is 61.9 Å². The number of hydroxylamine groups is 2. The first-order valence-electron chi connectivity index (χ1n) is 14.8. The number of fused-ring (bicyclic) bond motifs is 1. The van der Waals surface area contributed by atoms with Crippen molar-refractivity contribution in [2.45, 2.75) is 38.9 Å². The number of nitriles is 1. The molecule has 1 fully saturated rings. The summed E-state index contributed by atoms with van der Waals surface area (Å²) in [6.07, 6.45) is 2.24. The van der Waals surface area contributed by atoms with Crippen molar-refractivity contribution in [2.75, 3.05) is 31.5 Å². The molecule has 3 N–H and O–H groups in total. The number of aryl methyl sites for hydroxylation is 1. The molecule has 246 valence electrons. The lowest BCUT2D eigenvalue weighted by Gasteiger charge is -2.28. The van der Waals surface area contributed by atoms with E-state index in [0.29, 0.717) is 50.1 Å². The van der Waals surface area contributed by atoms with Crippen LogP contribution in [0.2, 0.25) is 0 Å². The van der Waals surface area contributed by atoms with E-state index in [1.165, 1.54) is 28.1 Å². The molecule has 2 amide bonds. The van der Waals surface area contributed by atoms with Crippen LogP contribution >= 0.6 is 0 Å². The van der Waals surface area contributed by atoms with Crippen molar-refractivity contribution >= 4 is 35.4 Å². The molecule has 1 aliphatic heterocycles. The lowest BCUT2D eigenvalue weighted by atomic mass is 9.97. The molecule has 0 unspecified atom stereocenters. The van der Waals surface area contributed by atoms with E-state index in [1.54, 1.807) is 24.3 Å². The molecule has 1 saturated heterocycles. The fraction of sp³-hybridized carbons (Fsp3) is 0.367. The van der Waals surface area contributed by atoms with Crippen molar-refractivity contribution in [3.63, 3.8) is 0 Å². The number of imidazole rings is 1. The number of alkyl halides is 3. The maximum atomic E-state index is 13.8. The summed E-state index contributed by atoms with van der Waals surface area (Å²) in [4.78, 5) is 49.3. The molecule has 0 aliphatic carbocycles. The van der Waals surface area contributed by atoms with Gasteiger partial charge in [0.25, 0.3) is 5.91 Å². The van der Waals surface area contributed by atoms with Crippen molar-refractivity contribution in [1.82, 2.24) is 39.8 Å². The minimum atomic E-state index is -4.75. The molecule has 0 spiro atoms. The summed E-state index contributed by atoms with van der Waals surface area (Å²) in [5, 5.41) is 22.8. The maximum absolute atomic E-state index is 13.8. The quantitative estimate of drug-likeness (QED) is 0.153. The average Bonchev–Trinajstić information content (AvgIpc) is 3.69. The van der Waals surface area contributed by atoms with Crippen LogP contribution in [0.4, 0.5) is 24.7 Å². The third-order valence-corrected chi connectivity index (χ3v) is 7.69. The molecule has 47 heavy (non-hydrogen) atoms. The van der Waals surface area contributed by atoms with Gasteiger partial charge in [-0.1, -0.05) is 6.92 Å². The first kappa shape index (κ1) is 32.9. The molecule has 1 aliphatic rings. The molecule has 17 heteroatoms. The van der Waals surface area contributed by atoms with Crippen molar-refractivity contribution in [3.8, 4) is 17.3 Å². The topological polar surface area (TPSA) is 172 Å². The molecule has 0 radical (unpaired) electrons. The summed E-state index contributed by atoms with van der Waals surface area (Å²) < 4.78 is 43.7. The summed E-state index contributed by atoms with van der Waals surface area (Å²) in [6.45, 7) is 3.34. The Balaban J connectivity index is 1.23. The van der Waals surface area contributed by atoms with E-state index in [-0.39, 0.29) is 60.1 Å². The summed E-state index contributed by atoms with van der Waals surface area (Å²) >= 11 is 0. The second-order valence-electron chi connectivity index (χ2n) is 10.7. The molecule has 3 aromatic heterocycles. The highest BCUT2D eigenvalue weighted by molar-refractivity contribution is 5.96. The van der Waals surface area contributed by atoms with E-state index >= 15 is 0 Å². The molecule has 0 bridgehead atoms. The van der Waals surface area contributed by atoms with Crippen LogP contribution < -0.4 is 16.0 Å². The molecule has 5 rings (SSSR count). The highest BCUT2D eigenvalue weighted by Crippen LogP contribution is 2.37. The van der Waals surface area contributed by atoms with Crippen LogP contribution in [0.25, 0.3) is 16.9 Å². The number of hydrogen-bond acceptors (Lipinski definition) is 10. The van der Waals surface area contributed by atoms with Crippen LogP contribution in [-0.2, 0) is 33.6 Å². The molecule has 4 aromatic rings. The van der Waals surface area contributed by atoms with Crippen LogP contribution in [0, 0.1) is 17.2 Å². The van der Waals surface area contributed by atoms with Gasteiger partial charge in [-0.05, 0) is 43.0 Å². The Kier molecular flexibility index (Phi) is 10.00. The van der Waals surface area contributed by atoms with Gasteiger partial charge in [0.15, 0.2) is 17.2 Å².